The molecule has 0 spiro atoms. The number of carbonyl (C=O) groups excluding carboxylic acids is 2. The van der Waals surface area contributed by atoms with Crippen LogP contribution in [-0.2, 0) is 14.3 Å². The fourth-order valence-corrected chi connectivity index (χ4v) is 3.73. The van der Waals surface area contributed by atoms with E-state index in [4.69, 9.17) is 14.2 Å². The summed E-state index contributed by atoms with van der Waals surface area (Å²) in [6.07, 6.45) is 1.45. The predicted octanol–water partition coefficient (Wildman–Crippen LogP) is 3.94. The molecule has 32 heavy (non-hydrogen) atoms. The second kappa shape index (κ2) is 10.8. The zero-order valence-corrected chi connectivity index (χ0v) is 18.7. The van der Waals surface area contributed by atoms with Crippen molar-refractivity contribution in [3.63, 3.8) is 0 Å². The highest BCUT2D eigenvalue weighted by Gasteiger charge is 2.45. The predicted molar refractivity (Wildman–Crippen MR) is 121 cm³/mol. The van der Waals surface area contributed by atoms with Gasteiger partial charge in [0.1, 0.15) is 17.3 Å². The van der Waals surface area contributed by atoms with Crippen LogP contribution in [0.3, 0.4) is 0 Å². The molecule has 1 aliphatic heterocycles. The molecule has 2 aromatic rings. The smallest absolute Gasteiger partial charge is 0.295 e. The van der Waals surface area contributed by atoms with Crippen molar-refractivity contribution < 1.29 is 28.9 Å². The van der Waals surface area contributed by atoms with E-state index in [0.29, 0.717) is 48.8 Å². The lowest BCUT2D eigenvalue weighted by atomic mass is 9.95. The number of amides is 1. The zero-order valence-electron chi connectivity index (χ0n) is 18.7. The van der Waals surface area contributed by atoms with Crippen molar-refractivity contribution in [2.45, 2.75) is 25.8 Å². The molecule has 1 amide bonds. The Labute approximate surface area is 188 Å². The number of carbonyl (C=O) groups is 2. The summed E-state index contributed by atoms with van der Waals surface area (Å²) in [5.41, 5.74) is 1.19. The molecule has 1 saturated heterocycles. The van der Waals surface area contributed by atoms with Crippen LogP contribution in [0.5, 0.6) is 11.5 Å². The van der Waals surface area contributed by atoms with Crippen LogP contribution in [0.4, 0.5) is 0 Å². The van der Waals surface area contributed by atoms with E-state index in [-0.39, 0.29) is 11.3 Å². The Hall–Kier alpha value is -3.32. The van der Waals surface area contributed by atoms with Gasteiger partial charge in [0.2, 0.25) is 0 Å². The lowest BCUT2D eigenvalue weighted by Gasteiger charge is -2.25. The SMILES string of the molecule is CCCOc1ccc(/C(O)=C2/C(=O)C(=O)N(CCCOC)C2c2cccc(OC)c2)cc1. The number of benzene rings is 2. The Morgan fingerprint density at radius 3 is 2.44 bits per heavy atom. The summed E-state index contributed by atoms with van der Waals surface area (Å²) in [6, 6.07) is 13.3. The van der Waals surface area contributed by atoms with Crippen molar-refractivity contribution in [1.29, 1.82) is 0 Å². The monoisotopic (exact) mass is 439 g/mol. The third kappa shape index (κ3) is 4.94. The number of hydrogen-bond acceptors (Lipinski definition) is 6. The summed E-state index contributed by atoms with van der Waals surface area (Å²) < 4.78 is 16.0. The topological polar surface area (TPSA) is 85.3 Å². The van der Waals surface area contributed by atoms with E-state index in [1.807, 2.05) is 13.0 Å². The fraction of sp³-hybridized carbons (Fsp3) is 0.360. The summed E-state index contributed by atoms with van der Waals surface area (Å²) >= 11 is 0. The van der Waals surface area contributed by atoms with Gasteiger partial charge in [0.15, 0.2) is 0 Å². The van der Waals surface area contributed by atoms with Crippen LogP contribution in [0, 0.1) is 0 Å². The van der Waals surface area contributed by atoms with Gasteiger partial charge in [-0.2, -0.15) is 0 Å². The minimum Gasteiger partial charge on any atom is -0.507 e. The molecule has 7 heteroatoms. The van der Waals surface area contributed by atoms with E-state index in [0.717, 1.165) is 6.42 Å². The number of aliphatic hydroxyl groups is 1. The van der Waals surface area contributed by atoms with Gasteiger partial charge in [-0.15, -0.1) is 0 Å². The van der Waals surface area contributed by atoms with Gasteiger partial charge in [-0.3, -0.25) is 9.59 Å². The first-order valence-electron chi connectivity index (χ1n) is 10.7. The second-order valence-electron chi connectivity index (χ2n) is 7.49. The first kappa shape index (κ1) is 23.3. The highest BCUT2D eigenvalue weighted by molar-refractivity contribution is 6.46. The molecule has 1 unspecified atom stereocenters. The molecule has 1 atom stereocenters. The Morgan fingerprint density at radius 2 is 1.78 bits per heavy atom. The van der Waals surface area contributed by atoms with Gasteiger partial charge in [-0.05, 0) is 54.8 Å². The maximum absolute atomic E-state index is 13.0. The Bertz CT molecular complexity index is 982. The number of hydrogen-bond donors (Lipinski definition) is 1. The number of methoxy groups -OCH3 is 2. The first-order chi connectivity index (χ1) is 15.5. The third-order valence-electron chi connectivity index (χ3n) is 5.30. The number of aliphatic hydroxyl groups excluding tert-OH is 1. The molecule has 7 nitrogen and oxygen atoms in total. The molecule has 170 valence electrons. The van der Waals surface area contributed by atoms with E-state index in [9.17, 15) is 14.7 Å². The molecule has 3 rings (SSSR count). The molecule has 0 bridgehead atoms. The normalized spacial score (nSPS) is 17.6. The summed E-state index contributed by atoms with van der Waals surface area (Å²) in [6.45, 7) is 3.38. The summed E-state index contributed by atoms with van der Waals surface area (Å²) in [4.78, 5) is 27.4. The standard InChI is InChI=1S/C25H29NO6/c1-4-14-32-19-11-9-17(10-12-19)23(27)21-22(18-7-5-8-20(16-18)31-3)26(13-6-15-30-2)25(29)24(21)28/h5,7-12,16,22,27H,4,6,13-15H2,1-3H3/b23-21-. The van der Waals surface area contributed by atoms with Crippen molar-refractivity contribution in [1.82, 2.24) is 4.90 Å². The quantitative estimate of drug-likeness (QED) is 0.261. The number of Topliss-reactive ketones (excluding diaryl/α,β-unsaturated/α-hetero) is 1. The molecule has 2 aromatic carbocycles. The minimum atomic E-state index is -0.724. The van der Waals surface area contributed by atoms with E-state index in [1.165, 1.54) is 4.90 Å². The van der Waals surface area contributed by atoms with Gasteiger partial charge in [0.25, 0.3) is 11.7 Å². The average Bonchev–Trinajstić information content (AvgIpc) is 3.08. The van der Waals surface area contributed by atoms with Gasteiger partial charge in [-0.25, -0.2) is 0 Å². The van der Waals surface area contributed by atoms with Gasteiger partial charge >= 0.3 is 0 Å². The fourth-order valence-electron chi connectivity index (χ4n) is 3.73. The first-order valence-corrected chi connectivity index (χ1v) is 10.7. The summed E-state index contributed by atoms with van der Waals surface area (Å²) in [5.74, 6) is -0.292. The maximum Gasteiger partial charge on any atom is 0.295 e. The van der Waals surface area contributed by atoms with Crippen molar-refractivity contribution in [3.8, 4) is 11.5 Å². The number of likely N-dealkylation sites (tertiary alicyclic amines) is 1. The van der Waals surface area contributed by atoms with Crippen molar-refractivity contribution in [3.05, 3.63) is 65.2 Å². The van der Waals surface area contributed by atoms with Gasteiger partial charge in [0, 0.05) is 25.8 Å². The van der Waals surface area contributed by atoms with Crippen LogP contribution in [0.15, 0.2) is 54.1 Å². The molecule has 1 N–H and O–H groups in total. The molecular weight excluding hydrogens is 410 g/mol. The van der Waals surface area contributed by atoms with Crippen molar-refractivity contribution in [2.75, 3.05) is 34.0 Å². The molecular formula is C25H29NO6. The molecule has 0 aliphatic carbocycles. The average molecular weight is 440 g/mol. The number of ether oxygens (including phenoxy) is 3. The number of nitrogens with zero attached hydrogens (tertiary/aromatic N) is 1. The van der Waals surface area contributed by atoms with Crippen LogP contribution in [0.25, 0.3) is 5.76 Å². The van der Waals surface area contributed by atoms with Crippen molar-refractivity contribution >= 4 is 17.4 Å². The van der Waals surface area contributed by atoms with Crippen LogP contribution >= 0.6 is 0 Å². The van der Waals surface area contributed by atoms with E-state index >= 15 is 0 Å². The minimum absolute atomic E-state index is 0.0582. The molecule has 1 fully saturated rings. The van der Waals surface area contributed by atoms with Crippen LogP contribution in [0.2, 0.25) is 0 Å². The van der Waals surface area contributed by atoms with Crippen molar-refractivity contribution in [2.24, 2.45) is 0 Å². The maximum atomic E-state index is 13.0. The lowest BCUT2D eigenvalue weighted by molar-refractivity contribution is -0.140. The highest BCUT2D eigenvalue weighted by Crippen LogP contribution is 2.40. The summed E-state index contributed by atoms with van der Waals surface area (Å²) in [7, 11) is 3.14. The Morgan fingerprint density at radius 1 is 1.03 bits per heavy atom. The Balaban J connectivity index is 2.05. The molecule has 0 radical (unpaired) electrons. The van der Waals surface area contributed by atoms with Crippen LogP contribution < -0.4 is 9.47 Å². The molecule has 0 saturated carbocycles. The number of ketones is 1. The van der Waals surface area contributed by atoms with Crippen LogP contribution in [-0.4, -0.2) is 55.7 Å². The lowest BCUT2D eigenvalue weighted by Crippen LogP contribution is -2.31. The van der Waals surface area contributed by atoms with Crippen LogP contribution in [0.1, 0.15) is 36.9 Å². The highest BCUT2D eigenvalue weighted by atomic mass is 16.5. The zero-order chi connectivity index (χ0) is 23.1. The van der Waals surface area contributed by atoms with Gasteiger partial charge in [0.05, 0.1) is 25.3 Å². The third-order valence-corrected chi connectivity index (χ3v) is 5.30. The molecule has 1 aliphatic rings. The van der Waals surface area contributed by atoms with Gasteiger partial charge in [-0.1, -0.05) is 19.1 Å². The summed E-state index contributed by atoms with van der Waals surface area (Å²) in [5, 5.41) is 11.1. The van der Waals surface area contributed by atoms with E-state index < -0.39 is 17.7 Å². The molecule has 0 aromatic heterocycles. The second-order valence-corrected chi connectivity index (χ2v) is 7.49. The van der Waals surface area contributed by atoms with Gasteiger partial charge < -0.3 is 24.2 Å². The Kier molecular flexibility index (Phi) is 7.89. The van der Waals surface area contributed by atoms with E-state index in [1.54, 1.807) is 56.7 Å². The molecule has 1 heterocycles. The largest absolute Gasteiger partial charge is 0.507 e. The number of rotatable bonds is 10. The van der Waals surface area contributed by atoms with E-state index in [2.05, 4.69) is 0 Å².